The molecule has 2 aromatic rings. The summed E-state index contributed by atoms with van der Waals surface area (Å²) in [6.07, 6.45) is -1.10. The summed E-state index contributed by atoms with van der Waals surface area (Å²) in [7, 11) is 0. The number of fused-ring (bicyclic) bond motifs is 1. The van der Waals surface area contributed by atoms with Crippen LogP contribution in [0.2, 0.25) is 0 Å². The minimum absolute atomic E-state index is 0.113. The number of nitrogens with one attached hydrogen (secondary N) is 2. The molecule has 1 aliphatic carbocycles. The number of rotatable bonds is 4. The summed E-state index contributed by atoms with van der Waals surface area (Å²) in [6, 6.07) is 1.43. The van der Waals surface area contributed by atoms with Crippen LogP contribution in [0.3, 0.4) is 0 Å². The number of alkyl halides is 3. The highest BCUT2D eigenvalue weighted by atomic mass is 19.4. The van der Waals surface area contributed by atoms with Gasteiger partial charge in [-0.1, -0.05) is 6.42 Å². The maximum Gasteiger partial charge on any atom is 0.417 e. The molecule has 1 aliphatic rings. The molecule has 26 heavy (non-hydrogen) atoms. The van der Waals surface area contributed by atoms with Crippen molar-refractivity contribution in [3.63, 3.8) is 0 Å². The Bertz CT molecular complexity index is 856. The van der Waals surface area contributed by atoms with Gasteiger partial charge in [0.1, 0.15) is 0 Å². The van der Waals surface area contributed by atoms with Gasteiger partial charge in [-0.05, 0) is 37.2 Å². The van der Waals surface area contributed by atoms with Gasteiger partial charge in [-0.2, -0.15) is 13.2 Å². The van der Waals surface area contributed by atoms with Gasteiger partial charge in [0.15, 0.2) is 5.76 Å². The Hall–Kier alpha value is -2.29. The number of aromatic nitrogens is 1. The maximum atomic E-state index is 13.1. The number of H-pyrrole nitrogens is 1. The third kappa shape index (κ3) is 3.92. The molecule has 1 amide bonds. The Morgan fingerprint density at radius 3 is 2.73 bits per heavy atom. The van der Waals surface area contributed by atoms with Crippen LogP contribution in [-0.2, 0) is 6.18 Å². The second-order valence-electron chi connectivity index (χ2n) is 6.69. The second-order valence-corrected chi connectivity index (χ2v) is 6.69. The van der Waals surface area contributed by atoms with Gasteiger partial charge < -0.3 is 14.8 Å². The monoisotopic (exact) mass is 372 g/mol. The van der Waals surface area contributed by atoms with E-state index in [9.17, 15) is 27.9 Å². The maximum absolute atomic E-state index is 13.1. The zero-order valence-corrected chi connectivity index (χ0v) is 13.9. The minimum Gasteiger partial charge on any atom is -0.434 e. The third-order valence-corrected chi connectivity index (χ3v) is 4.76. The Labute approximate surface area is 146 Å². The van der Waals surface area contributed by atoms with Crippen LogP contribution in [0.1, 0.15) is 41.8 Å². The molecule has 2 aromatic heterocycles. The van der Waals surface area contributed by atoms with E-state index in [2.05, 4.69) is 10.3 Å². The Morgan fingerprint density at radius 2 is 2.04 bits per heavy atom. The van der Waals surface area contributed by atoms with E-state index in [4.69, 9.17) is 4.42 Å². The fourth-order valence-electron chi connectivity index (χ4n) is 3.46. The average molecular weight is 372 g/mol. The predicted octanol–water partition coefficient (Wildman–Crippen LogP) is 2.67. The molecule has 0 bridgehead atoms. The quantitative estimate of drug-likeness (QED) is 0.769. The summed E-state index contributed by atoms with van der Waals surface area (Å²) < 4.78 is 44.3. The van der Waals surface area contributed by atoms with Crippen molar-refractivity contribution < 1.29 is 27.5 Å². The first kappa shape index (κ1) is 18.5. The van der Waals surface area contributed by atoms with Crippen molar-refractivity contribution in [1.29, 1.82) is 0 Å². The number of amides is 1. The van der Waals surface area contributed by atoms with Crippen molar-refractivity contribution in [3.05, 3.63) is 33.8 Å². The fraction of sp³-hybridized carbons (Fsp3) is 0.529. The average Bonchev–Trinajstić information content (AvgIpc) is 3.02. The van der Waals surface area contributed by atoms with Crippen molar-refractivity contribution >= 4 is 17.0 Å². The van der Waals surface area contributed by atoms with E-state index in [0.29, 0.717) is 12.6 Å². The third-order valence-electron chi connectivity index (χ3n) is 4.76. The second kappa shape index (κ2) is 7.14. The first-order valence-electron chi connectivity index (χ1n) is 8.41. The van der Waals surface area contributed by atoms with E-state index in [0.717, 1.165) is 31.7 Å². The lowest BCUT2D eigenvalue weighted by Gasteiger charge is -2.27. The standard InChI is InChI=1S/C17H19F3N2O4/c18-17(19,20)12-6-14(24)22-16-11(12)5-13(26-16)15(25)21-7-9-2-1-3-10(4-9)8-23/h5-6,9-10,23H,1-4,7-8H2,(H,21,25)(H,22,24)/t9-,10+/m0/s1. The predicted molar refractivity (Wildman–Crippen MR) is 86.7 cm³/mol. The first-order valence-corrected chi connectivity index (χ1v) is 8.41. The highest BCUT2D eigenvalue weighted by Gasteiger charge is 2.35. The van der Waals surface area contributed by atoms with Crippen molar-refractivity contribution in [3.8, 4) is 0 Å². The Kier molecular flexibility index (Phi) is 5.08. The zero-order valence-electron chi connectivity index (χ0n) is 13.9. The fourth-order valence-corrected chi connectivity index (χ4v) is 3.46. The van der Waals surface area contributed by atoms with Gasteiger partial charge in [-0.25, -0.2) is 0 Å². The summed E-state index contributed by atoms with van der Waals surface area (Å²) in [5, 5.41) is 11.5. The van der Waals surface area contributed by atoms with Gasteiger partial charge in [-0.15, -0.1) is 0 Å². The SMILES string of the molecule is O=C(NC[C@H]1CCC[C@@H](CO)C1)c1cc2c(C(F)(F)F)cc(=O)[nH]c2o1. The topological polar surface area (TPSA) is 95.3 Å². The van der Waals surface area contributed by atoms with Gasteiger partial charge in [-0.3, -0.25) is 14.6 Å². The van der Waals surface area contributed by atoms with E-state index in [1.165, 1.54) is 0 Å². The summed E-state index contributed by atoms with van der Waals surface area (Å²) in [4.78, 5) is 25.8. The molecule has 2 heterocycles. The normalized spacial score (nSPS) is 21.1. The molecule has 142 valence electrons. The molecule has 6 nitrogen and oxygen atoms in total. The van der Waals surface area contributed by atoms with Crippen LogP contribution < -0.4 is 10.9 Å². The van der Waals surface area contributed by atoms with E-state index in [1.807, 2.05) is 0 Å². The molecule has 0 radical (unpaired) electrons. The Morgan fingerprint density at radius 1 is 1.31 bits per heavy atom. The van der Waals surface area contributed by atoms with Crippen LogP contribution in [0.15, 0.2) is 21.3 Å². The summed E-state index contributed by atoms with van der Waals surface area (Å²) in [5.41, 5.74) is -2.48. The highest BCUT2D eigenvalue weighted by molar-refractivity contribution is 5.96. The number of aliphatic hydroxyl groups excluding tert-OH is 1. The lowest BCUT2D eigenvalue weighted by atomic mass is 9.82. The molecule has 0 aromatic carbocycles. The minimum atomic E-state index is -4.73. The molecule has 9 heteroatoms. The molecular formula is C17H19F3N2O4. The number of hydrogen-bond acceptors (Lipinski definition) is 4. The summed E-state index contributed by atoms with van der Waals surface area (Å²) in [5.74, 6) is -0.501. The number of halogens is 3. The molecule has 3 N–H and O–H groups in total. The largest absolute Gasteiger partial charge is 0.434 e. The number of furan rings is 1. The molecular weight excluding hydrogens is 353 g/mol. The Balaban J connectivity index is 1.76. The van der Waals surface area contributed by atoms with Crippen LogP contribution in [0.5, 0.6) is 0 Å². The molecule has 3 rings (SSSR count). The van der Waals surface area contributed by atoms with Crippen molar-refractivity contribution in [2.75, 3.05) is 13.2 Å². The van der Waals surface area contributed by atoms with Crippen LogP contribution in [0, 0.1) is 11.8 Å². The van der Waals surface area contributed by atoms with Gasteiger partial charge in [0, 0.05) is 19.2 Å². The van der Waals surface area contributed by atoms with Gasteiger partial charge >= 0.3 is 6.18 Å². The van der Waals surface area contributed by atoms with Gasteiger partial charge in [0.05, 0.1) is 10.9 Å². The lowest BCUT2D eigenvalue weighted by molar-refractivity contribution is -0.136. The molecule has 0 saturated heterocycles. The smallest absolute Gasteiger partial charge is 0.417 e. The van der Waals surface area contributed by atoms with E-state index in [1.54, 1.807) is 0 Å². The number of pyridine rings is 1. The lowest BCUT2D eigenvalue weighted by Crippen LogP contribution is -2.32. The van der Waals surface area contributed by atoms with Crippen LogP contribution >= 0.6 is 0 Å². The molecule has 2 atom stereocenters. The number of aromatic amines is 1. The van der Waals surface area contributed by atoms with Crippen molar-refractivity contribution in [2.45, 2.75) is 31.9 Å². The highest BCUT2D eigenvalue weighted by Crippen LogP contribution is 2.34. The van der Waals surface area contributed by atoms with Crippen molar-refractivity contribution in [1.82, 2.24) is 10.3 Å². The van der Waals surface area contributed by atoms with Crippen LogP contribution in [0.25, 0.3) is 11.1 Å². The molecule has 0 unspecified atom stereocenters. The van der Waals surface area contributed by atoms with Crippen molar-refractivity contribution in [2.24, 2.45) is 11.8 Å². The number of hydrogen-bond donors (Lipinski definition) is 3. The van der Waals surface area contributed by atoms with E-state index >= 15 is 0 Å². The summed E-state index contributed by atoms with van der Waals surface area (Å²) in [6.45, 7) is 0.469. The number of aliphatic hydroxyl groups is 1. The van der Waals surface area contributed by atoms with Gasteiger partial charge in [0.25, 0.3) is 11.5 Å². The zero-order chi connectivity index (χ0) is 18.9. The number of carbonyl (C=O) groups is 1. The van der Waals surface area contributed by atoms with E-state index in [-0.39, 0.29) is 35.3 Å². The molecule has 0 spiro atoms. The van der Waals surface area contributed by atoms with Crippen LogP contribution in [0.4, 0.5) is 13.2 Å². The van der Waals surface area contributed by atoms with Crippen LogP contribution in [-0.4, -0.2) is 29.1 Å². The molecule has 1 saturated carbocycles. The number of carbonyl (C=O) groups excluding carboxylic acids is 1. The first-order chi connectivity index (χ1) is 12.3. The molecule has 0 aliphatic heterocycles. The molecule has 1 fully saturated rings. The van der Waals surface area contributed by atoms with Gasteiger partial charge in [0.2, 0.25) is 5.71 Å². The summed E-state index contributed by atoms with van der Waals surface area (Å²) >= 11 is 0. The van der Waals surface area contributed by atoms with E-state index < -0.39 is 23.2 Å².